The van der Waals surface area contributed by atoms with Crippen LogP contribution in [0, 0.1) is 47.3 Å². The number of hydrogen-bond acceptors (Lipinski definition) is 5. The molecule has 130 valence electrons. The van der Waals surface area contributed by atoms with Gasteiger partial charge in [0.05, 0.1) is 26.4 Å². The molecule has 0 aromatic heterocycles. The van der Waals surface area contributed by atoms with Gasteiger partial charge in [-0.15, -0.1) is 0 Å². The van der Waals surface area contributed by atoms with Crippen LogP contribution in [0.2, 0.25) is 0 Å². The Morgan fingerprint density at radius 3 is 1.54 bits per heavy atom. The molecule has 5 saturated carbocycles. The lowest BCUT2D eigenvalue weighted by molar-refractivity contribution is -0.226. The van der Waals surface area contributed by atoms with E-state index in [4.69, 9.17) is 14.2 Å². The van der Waals surface area contributed by atoms with Gasteiger partial charge in [-0.2, -0.15) is 0 Å². The lowest BCUT2D eigenvalue weighted by Crippen LogP contribution is -2.63. The molecule has 0 spiro atoms. The molecule has 0 N–H and O–H groups in total. The summed E-state index contributed by atoms with van der Waals surface area (Å²) in [7, 11) is 0. The maximum Gasteiger partial charge on any atom is 0.131 e. The summed E-state index contributed by atoms with van der Waals surface area (Å²) in [5, 5.41) is 0. The maximum atomic E-state index is 7.36. The molecule has 5 nitrogen and oxygen atoms in total. The van der Waals surface area contributed by atoms with Crippen LogP contribution in [0.3, 0.4) is 0 Å². The van der Waals surface area contributed by atoms with Gasteiger partial charge in [0.1, 0.15) is 11.4 Å². The van der Waals surface area contributed by atoms with Crippen molar-refractivity contribution in [1.29, 1.82) is 0 Å². The monoisotopic (exact) mass is 330 g/mol. The lowest BCUT2D eigenvalue weighted by atomic mass is 9.57. The van der Waals surface area contributed by atoms with Crippen molar-refractivity contribution in [1.82, 2.24) is 9.80 Å². The van der Waals surface area contributed by atoms with Crippen molar-refractivity contribution in [2.75, 3.05) is 52.6 Å². The van der Waals surface area contributed by atoms with Gasteiger partial charge < -0.3 is 14.2 Å². The second-order valence-electron chi connectivity index (χ2n) is 9.63. The lowest BCUT2D eigenvalue weighted by Gasteiger charge is -2.52. The predicted molar refractivity (Wildman–Crippen MR) is 83.9 cm³/mol. The van der Waals surface area contributed by atoms with E-state index in [1.165, 1.54) is 6.42 Å². The van der Waals surface area contributed by atoms with Gasteiger partial charge in [-0.1, -0.05) is 0 Å². The number of nitrogens with zero attached hydrogens (tertiary/aromatic N) is 2. The first kappa shape index (κ1) is 13.0. The van der Waals surface area contributed by atoms with E-state index in [0.717, 1.165) is 99.9 Å². The van der Waals surface area contributed by atoms with Crippen LogP contribution in [0.25, 0.3) is 0 Å². The third-order valence-electron chi connectivity index (χ3n) is 9.75. The molecule has 0 radical (unpaired) electrons. The SMILES string of the molecule is C1CN([C@@]23O[C@@]4(N5CCOCC5)[C@@H]5[C@H]6[C@@H]7C[C@H]([C@H]6[C@H]52)[C@H]3[C@H]74)CCO1. The Labute approximate surface area is 142 Å². The molecule has 0 aromatic carbocycles. The van der Waals surface area contributed by atoms with Crippen LogP contribution in [0.4, 0.5) is 0 Å². The van der Waals surface area contributed by atoms with Gasteiger partial charge in [-0.05, 0) is 30.1 Å². The fraction of sp³-hybridized carbons (Fsp3) is 1.00. The molecule has 9 rings (SSSR count). The minimum absolute atomic E-state index is 0.0918. The number of rotatable bonds is 2. The summed E-state index contributed by atoms with van der Waals surface area (Å²) in [6.07, 6.45) is 1.53. The molecular weight excluding hydrogens is 304 g/mol. The van der Waals surface area contributed by atoms with E-state index in [0.29, 0.717) is 0 Å². The first-order valence-electron chi connectivity index (χ1n) is 10.2. The van der Waals surface area contributed by atoms with Crippen LogP contribution in [0.1, 0.15) is 6.42 Å². The van der Waals surface area contributed by atoms with Crippen LogP contribution in [0.5, 0.6) is 0 Å². The maximum absolute atomic E-state index is 7.36. The second-order valence-corrected chi connectivity index (χ2v) is 9.63. The Morgan fingerprint density at radius 2 is 1.08 bits per heavy atom. The topological polar surface area (TPSA) is 34.2 Å². The Kier molecular flexibility index (Phi) is 2.03. The van der Waals surface area contributed by atoms with Gasteiger partial charge >= 0.3 is 0 Å². The van der Waals surface area contributed by atoms with E-state index in [9.17, 15) is 0 Å². The molecule has 10 atom stereocenters. The van der Waals surface area contributed by atoms with Gasteiger partial charge in [0.2, 0.25) is 0 Å². The summed E-state index contributed by atoms with van der Waals surface area (Å²) in [5.41, 5.74) is 0.184. The fourth-order valence-corrected chi connectivity index (χ4v) is 9.82. The van der Waals surface area contributed by atoms with Crippen molar-refractivity contribution in [2.45, 2.75) is 17.9 Å². The molecule has 0 aromatic rings. The zero-order chi connectivity index (χ0) is 15.3. The van der Waals surface area contributed by atoms with Crippen LogP contribution in [-0.2, 0) is 14.2 Å². The van der Waals surface area contributed by atoms with E-state index < -0.39 is 0 Å². The van der Waals surface area contributed by atoms with Crippen molar-refractivity contribution in [3.63, 3.8) is 0 Å². The highest BCUT2D eigenvalue weighted by molar-refractivity contribution is 5.42. The average Bonchev–Trinajstić information content (AvgIpc) is 3.28. The quantitative estimate of drug-likeness (QED) is 0.735. The van der Waals surface area contributed by atoms with E-state index in [1.807, 2.05) is 0 Å². The normalized spacial score (nSPS) is 68.5. The molecule has 9 aliphatic rings. The number of hydrogen-bond donors (Lipinski definition) is 0. The molecule has 5 aliphatic carbocycles. The zero-order valence-electron chi connectivity index (χ0n) is 14.1. The summed E-state index contributed by atoms with van der Waals surface area (Å²) in [4.78, 5) is 5.50. The van der Waals surface area contributed by atoms with Crippen LogP contribution < -0.4 is 0 Å². The van der Waals surface area contributed by atoms with E-state index >= 15 is 0 Å². The third-order valence-corrected chi connectivity index (χ3v) is 9.75. The van der Waals surface area contributed by atoms with Crippen LogP contribution in [0.15, 0.2) is 0 Å². The van der Waals surface area contributed by atoms with Crippen LogP contribution in [-0.4, -0.2) is 73.9 Å². The summed E-state index contributed by atoms with van der Waals surface area (Å²) in [6.45, 7) is 7.92. The smallest absolute Gasteiger partial charge is 0.131 e. The van der Waals surface area contributed by atoms with Crippen molar-refractivity contribution < 1.29 is 14.2 Å². The summed E-state index contributed by atoms with van der Waals surface area (Å²) in [6, 6.07) is 0. The Bertz CT molecular complexity index is 576. The van der Waals surface area contributed by atoms with Crippen molar-refractivity contribution in [3.05, 3.63) is 0 Å². The van der Waals surface area contributed by atoms with Gasteiger partial charge in [0.25, 0.3) is 0 Å². The number of ether oxygens (including phenoxy) is 3. The van der Waals surface area contributed by atoms with E-state index in [1.54, 1.807) is 0 Å². The van der Waals surface area contributed by atoms with Gasteiger partial charge in [0, 0.05) is 49.9 Å². The largest absolute Gasteiger partial charge is 0.379 e. The zero-order valence-corrected chi connectivity index (χ0v) is 14.1. The van der Waals surface area contributed by atoms with Gasteiger partial charge in [0.15, 0.2) is 0 Å². The Hall–Kier alpha value is -0.200. The minimum atomic E-state index is 0.0918. The highest BCUT2D eigenvalue weighted by atomic mass is 16.6. The summed E-state index contributed by atoms with van der Waals surface area (Å²) < 4.78 is 18.7. The van der Waals surface area contributed by atoms with E-state index in [2.05, 4.69) is 9.80 Å². The van der Waals surface area contributed by atoms with Crippen molar-refractivity contribution in [3.8, 4) is 0 Å². The molecule has 0 unspecified atom stereocenters. The number of morpholine rings is 2. The summed E-state index contributed by atoms with van der Waals surface area (Å²) in [5.74, 6) is 7.31. The molecular formula is C19H26N2O3. The molecule has 24 heavy (non-hydrogen) atoms. The van der Waals surface area contributed by atoms with Gasteiger partial charge in [-0.25, -0.2) is 0 Å². The highest BCUT2D eigenvalue weighted by Crippen LogP contribution is 2.93. The Morgan fingerprint density at radius 1 is 0.625 bits per heavy atom. The first-order valence-corrected chi connectivity index (χ1v) is 10.2. The van der Waals surface area contributed by atoms with Crippen molar-refractivity contribution >= 4 is 0 Å². The van der Waals surface area contributed by atoms with Crippen molar-refractivity contribution in [2.24, 2.45) is 47.3 Å². The second kappa shape index (κ2) is 3.74. The predicted octanol–water partition coefficient (Wildman–Crippen LogP) is 0.461. The molecule has 4 aliphatic heterocycles. The fourth-order valence-electron chi connectivity index (χ4n) is 9.82. The van der Waals surface area contributed by atoms with Gasteiger partial charge in [-0.3, -0.25) is 9.80 Å². The Balaban J connectivity index is 1.31. The molecule has 9 fully saturated rings. The molecule has 4 saturated heterocycles. The summed E-state index contributed by atoms with van der Waals surface area (Å²) >= 11 is 0. The van der Waals surface area contributed by atoms with E-state index in [-0.39, 0.29) is 11.4 Å². The standard InChI is InChI=1S/C19H26N2O3/c1-5-22-6-2-20(1)18-14-10-9-11-13-12(10)16(18)17(13)19(24-18,15(11)14)21-3-7-23-8-4-21/h10-17H,1-9H2/t10-,11+,12-,13+,14-,15-,16+,17+,18+,19-/m0/s1. The molecule has 4 heterocycles. The highest BCUT2D eigenvalue weighted by Gasteiger charge is 2.98. The first-order chi connectivity index (χ1) is 11.9. The molecule has 4 bridgehead atoms. The average molecular weight is 330 g/mol. The van der Waals surface area contributed by atoms with Crippen LogP contribution >= 0.6 is 0 Å². The molecule has 5 heteroatoms. The molecule has 0 amide bonds. The minimum Gasteiger partial charge on any atom is -0.379 e. The third kappa shape index (κ3) is 0.986.